The van der Waals surface area contributed by atoms with Gasteiger partial charge in [0.1, 0.15) is 5.60 Å². The number of carbonyl (C=O) groups is 3. The van der Waals surface area contributed by atoms with Gasteiger partial charge in [0.2, 0.25) is 5.91 Å². The topological polar surface area (TPSA) is 88.2 Å². The molecular formula is C34H57N3O5. The van der Waals surface area contributed by atoms with Crippen molar-refractivity contribution >= 4 is 18.0 Å². The average molecular weight is 588 g/mol. The normalized spacial score (nSPS) is 15.1. The Balaban J connectivity index is 3.45. The first-order valence-electron chi connectivity index (χ1n) is 15.0. The van der Waals surface area contributed by atoms with E-state index in [9.17, 15) is 14.4 Å². The molecule has 0 unspecified atom stereocenters. The minimum Gasteiger partial charge on any atom is -0.463 e. The van der Waals surface area contributed by atoms with E-state index in [1.54, 1.807) is 37.7 Å². The lowest BCUT2D eigenvalue weighted by molar-refractivity contribution is -0.139. The lowest BCUT2D eigenvalue weighted by Gasteiger charge is -2.43. The van der Waals surface area contributed by atoms with Crippen molar-refractivity contribution in [2.24, 2.45) is 11.3 Å². The number of ether oxygens (including phenoxy) is 2. The second-order valence-electron chi connectivity index (χ2n) is 14.2. The second kappa shape index (κ2) is 15.0. The summed E-state index contributed by atoms with van der Waals surface area (Å²) in [7, 11) is 3.53. The Kier molecular flexibility index (Phi) is 13.3. The molecule has 0 fully saturated rings. The Hall–Kier alpha value is -2.87. The largest absolute Gasteiger partial charge is 0.463 e. The average Bonchev–Trinajstić information content (AvgIpc) is 2.87. The summed E-state index contributed by atoms with van der Waals surface area (Å²) in [5.74, 6) is -0.414. The first-order chi connectivity index (χ1) is 19.1. The molecular weight excluding hydrogens is 530 g/mol. The van der Waals surface area contributed by atoms with Gasteiger partial charge in [-0.25, -0.2) is 9.59 Å². The van der Waals surface area contributed by atoms with Crippen LogP contribution in [0.3, 0.4) is 0 Å². The molecule has 0 radical (unpaired) electrons. The van der Waals surface area contributed by atoms with Crippen molar-refractivity contribution in [2.75, 3.05) is 27.2 Å². The van der Waals surface area contributed by atoms with Crippen molar-refractivity contribution in [3.63, 3.8) is 0 Å². The first-order valence-corrected chi connectivity index (χ1v) is 15.0. The Morgan fingerprint density at radius 2 is 1.48 bits per heavy atom. The second-order valence-corrected chi connectivity index (χ2v) is 14.2. The van der Waals surface area contributed by atoms with Crippen molar-refractivity contribution < 1.29 is 23.9 Å². The van der Waals surface area contributed by atoms with Crippen LogP contribution in [0.5, 0.6) is 0 Å². The fraction of sp³-hybridized carbons (Fsp3) is 0.676. The van der Waals surface area contributed by atoms with Gasteiger partial charge in [-0.05, 0) is 51.5 Å². The maximum Gasteiger partial charge on any atom is 0.410 e. The highest BCUT2D eigenvalue weighted by Crippen LogP contribution is 2.32. The van der Waals surface area contributed by atoms with Gasteiger partial charge in [-0.15, -0.1) is 0 Å². The van der Waals surface area contributed by atoms with Crippen LogP contribution >= 0.6 is 0 Å². The number of carbonyl (C=O) groups excluding carboxylic acids is 3. The van der Waals surface area contributed by atoms with Crippen molar-refractivity contribution in [1.82, 2.24) is 15.1 Å². The van der Waals surface area contributed by atoms with E-state index in [1.807, 2.05) is 79.7 Å². The Labute approximate surface area is 255 Å². The SMILES string of the molecule is CCOC(=O)C(C)=C[C@H](C(C)C)N(C)C(=O)[C@@H](NC[C@@H](N(C)C(=O)OC(C)(C)C)C(C)(C)c1ccccc1)C(C)(C)C. The molecule has 1 rings (SSSR count). The molecule has 0 spiro atoms. The van der Waals surface area contributed by atoms with Crippen LogP contribution in [0.25, 0.3) is 0 Å². The van der Waals surface area contributed by atoms with Crippen molar-refractivity contribution in [3.8, 4) is 0 Å². The lowest BCUT2D eigenvalue weighted by Crippen LogP contribution is -2.60. The highest BCUT2D eigenvalue weighted by Gasteiger charge is 2.41. The molecule has 0 aromatic heterocycles. The zero-order valence-corrected chi connectivity index (χ0v) is 28.6. The Morgan fingerprint density at radius 3 is 1.93 bits per heavy atom. The lowest BCUT2D eigenvalue weighted by atomic mass is 9.76. The number of hydrogen-bond acceptors (Lipinski definition) is 6. The summed E-state index contributed by atoms with van der Waals surface area (Å²) in [6.07, 6.45) is 1.39. The summed E-state index contributed by atoms with van der Waals surface area (Å²) >= 11 is 0. The maximum absolute atomic E-state index is 14.1. The number of hydrogen-bond donors (Lipinski definition) is 1. The molecule has 1 aromatic rings. The van der Waals surface area contributed by atoms with Crippen molar-refractivity contribution in [2.45, 2.75) is 112 Å². The van der Waals surface area contributed by atoms with Gasteiger partial charge in [-0.3, -0.25) is 4.79 Å². The summed E-state index contributed by atoms with van der Waals surface area (Å²) < 4.78 is 10.9. The van der Waals surface area contributed by atoms with Gasteiger partial charge >= 0.3 is 12.1 Å². The maximum atomic E-state index is 14.1. The third kappa shape index (κ3) is 10.4. The van der Waals surface area contributed by atoms with E-state index in [1.165, 1.54) is 0 Å². The molecule has 0 bridgehead atoms. The van der Waals surface area contributed by atoms with E-state index < -0.39 is 28.6 Å². The van der Waals surface area contributed by atoms with Crippen LogP contribution in [-0.4, -0.2) is 78.7 Å². The van der Waals surface area contributed by atoms with Crippen LogP contribution in [0.4, 0.5) is 4.79 Å². The number of esters is 1. The molecule has 0 heterocycles. The van der Waals surface area contributed by atoms with Crippen molar-refractivity contribution in [1.29, 1.82) is 0 Å². The fourth-order valence-electron chi connectivity index (χ4n) is 5.06. The summed E-state index contributed by atoms with van der Waals surface area (Å²) in [5, 5.41) is 3.55. The molecule has 1 N–H and O–H groups in total. The third-order valence-corrected chi connectivity index (χ3v) is 7.62. The quantitative estimate of drug-likeness (QED) is 0.232. The van der Waals surface area contributed by atoms with Gasteiger partial charge in [0.15, 0.2) is 0 Å². The van der Waals surface area contributed by atoms with Crippen LogP contribution in [0.2, 0.25) is 0 Å². The minimum atomic E-state index is -0.645. The zero-order valence-electron chi connectivity index (χ0n) is 28.6. The van der Waals surface area contributed by atoms with E-state index in [4.69, 9.17) is 9.47 Å². The van der Waals surface area contributed by atoms with Gasteiger partial charge in [0, 0.05) is 31.6 Å². The molecule has 2 amide bonds. The molecule has 0 saturated carbocycles. The monoisotopic (exact) mass is 587 g/mol. The summed E-state index contributed by atoms with van der Waals surface area (Å²) in [5.41, 5.74) is -0.0225. The third-order valence-electron chi connectivity index (χ3n) is 7.62. The van der Waals surface area contributed by atoms with Crippen LogP contribution in [0.1, 0.15) is 88.6 Å². The summed E-state index contributed by atoms with van der Waals surface area (Å²) in [6, 6.07) is 8.84. The summed E-state index contributed by atoms with van der Waals surface area (Å²) in [6.45, 7) is 24.0. The molecule has 238 valence electrons. The van der Waals surface area contributed by atoms with Gasteiger partial charge in [-0.1, -0.05) is 84.9 Å². The fourth-order valence-corrected chi connectivity index (χ4v) is 5.06. The van der Waals surface area contributed by atoms with E-state index >= 15 is 0 Å². The van der Waals surface area contributed by atoms with Crippen LogP contribution in [0.15, 0.2) is 42.0 Å². The summed E-state index contributed by atoms with van der Waals surface area (Å²) in [4.78, 5) is 43.1. The van der Waals surface area contributed by atoms with Gasteiger partial charge in [0.25, 0.3) is 0 Å². The predicted octanol–water partition coefficient (Wildman–Crippen LogP) is 6.20. The van der Waals surface area contributed by atoms with Gasteiger partial charge in [0.05, 0.1) is 24.7 Å². The molecule has 0 aliphatic heterocycles. The van der Waals surface area contributed by atoms with Crippen LogP contribution in [-0.2, 0) is 24.5 Å². The van der Waals surface area contributed by atoms with E-state index in [2.05, 4.69) is 31.3 Å². The number of rotatable bonds is 12. The van der Waals surface area contributed by atoms with E-state index in [-0.39, 0.29) is 29.9 Å². The first kappa shape index (κ1) is 37.2. The number of amides is 2. The Morgan fingerprint density at radius 1 is 0.929 bits per heavy atom. The van der Waals surface area contributed by atoms with Crippen LogP contribution in [0, 0.1) is 11.3 Å². The molecule has 3 atom stereocenters. The van der Waals surface area contributed by atoms with Crippen molar-refractivity contribution in [3.05, 3.63) is 47.5 Å². The number of nitrogens with zero attached hydrogens (tertiary/aromatic N) is 2. The number of nitrogens with one attached hydrogen (secondary N) is 1. The number of benzene rings is 1. The Bertz CT molecular complexity index is 1070. The molecule has 0 aliphatic rings. The van der Waals surface area contributed by atoms with E-state index in [0.29, 0.717) is 18.7 Å². The molecule has 8 nitrogen and oxygen atoms in total. The zero-order chi connectivity index (χ0) is 32.6. The number of likely N-dealkylation sites (N-methyl/N-ethyl adjacent to an activating group) is 2. The van der Waals surface area contributed by atoms with E-state index in [0.717, 1.165) is 5.56 Å². The van der Waals surface area contributed by atoms with Gasteiger partial charge in [-0.2, -0.15) is 0 Å². The molecule has 8 heteroatoms. The minimum absolute atomic E-state index is 0.0620. The van der Waals surface area contributed by atoms with Crippen LogP contribution < -0.4 is 5.32 Å². The standard InChI is InChI=1S/C34H57N3O5/c1-15-41-30(39)24(4)21-26(23(2)3)36(13)29(38)28(32(5,6)7)35-22-27(37(14)31(40)42-33(8,9)10)34(11,12)25-19-17-16-18-20-25/h16-21,23,26-28,35H,15,22H2,1-14H3/t26-,27-,28-/m1/s1. The molecule has 1 aromatic carbocycles. The molecule has 0 aliphatic carbocycles. The predicted molar refractivity (Wildman–Crippen MR) is 170 cm³/mol. The highest BCUT2D eigenvalue weighted by molar-refractivity contribution is 5.88. The highest BCUT2D eigenvalue weighted by atomic mass is 16.6. The molecule has 0 saturated heterocycles. The molecule has 42 heavy (non-hydrogen) atoms. The van der Waals surface area contributed by atoms with Gasteiger partial charge < -0.3 is 24.6 Å². The smallest absolute Gasteiger partial charge is 0.410 e.